The molecule has 3 fully saturated rings. The predicted octanol–water partition coefficient (Wildman–Crippen LogP) is 9.32. The van der Waals surface area contributed by atoms with Crippen molar-refractivity contribution < 1.29 is 9.53 Å². The first-order chi connectivity index (χ1) is 17.2. The van der Waals surface area contributed by atoms with E-state index in [0.29, 0.717) is 5.75 Å². The minimum atomic E-state index is -0.00443. The van der Waals surface area contributed by atoms with E-state index in [9.17, 15) is 4.79 Å². The van der Waals surface area contributed by atoms with Crippen LogP contribution in [-0.2, 0) is 11.2 Å². The molecule has 0 spiro atoms. The number of rotatable bonds is 10. The van der Waals surface area contributed by atoms with Crippen molar-refractivity contribution in [3.63, 3.8) is 0 Å². The molecule has 3 saturated carbocycles. The minimum absolute atomic E-state index is 0.00443. The maximum atomic E-state index is 12.8. The van der Waals surface area contributed by atoms with Crippen molar-refractivity contribution in [1.82, 2.24) is 0 Å². The number of esters is 1. The average molecular weight is 479 g/mol. The van der Waals surface area contributed by atoms with Gasteiger partial charge in [-0.1, -0.05) is 63.3 Å². The van der Waals surface area contributed by atoms with Crippen LogP contribution in [0.1, 0.15) is 116 Å². The summed E-state index contributed by atoms with van der Waals surface area (Å²) in [5.74, 6) is 5.60. The molecule has 0 aromatic heterocycles. The summed E-state index contributed by atoms with van der Waals surface area (Å²) in [5, 5.41) is 0. The van der Waals surface area contributed by atoms with Gasteiger partial charge in [0.05, 0.1) is 5.92 Å². The topological polar surface area (TPSA) is 26.3 Å². The quantitative estimate of drug-likeness (QED) is 0.145. The molecule has 0 saturated heterocycles. The van der Waals surface area contributed by atoms with Gasteiger partial charge in [0, 0.05) is 0 Å². The molecule has 0 bridgehead atoms. The van der Waals surface area contributed by atoms with Gasteiger partial charge >= 0.3 is 5.97 Å². The van der Waals surface area contributed by atoms with E-state index >= 15 is 0 Å². The smallest absolute Gasteiger partial charge is 0.314 e. The van der Waals surface area contributed by atoms with E-state index < -0.39 is 0 Å². The van der Waals surface area contributed by atoms with E-state index in [4.69, 9.17) is 4.74 Å². The Morgan fingerprint density at radius 3 is 2.23 bits per heavy atom. The molecular formula is C33H50O2. The largest absolute Gasteiger partial charge is 0.426 e. The van der Waals surface area contributed by atoms with Gasteiger partial charge in [0.1, 0.15) is 5.75 Å². The van der Waals surface area contributed by atoms with Crippen LogP contribution in [0, 0.1) is 35.5 Å². The fraction of sp³-hybridized carbons (Fsp3) is 0.727. The van der Waals surface area contributed by atoms with Crippen molar-refractivity contribution in [2.75, 3.05) is 0 Å². The highest BCUT2D eigenvalue weighted by Crippen LogP contribution is 2.49. The Balaban J connectivity index is 1.17. The van der Waals surface area contributed by atoms with E-state index in [1.807, 2.05) is 12.1 Å². The van der Waals surface area contributed by atoms with Gasteiger partial charge in [-0.15, -0.1) is 0 Å². The number of carbonyl (C=O) groups excluding carboxylic acids is 1. The number of hydrogen-bond acceptors (Lipinski definition) is 2. The number of ether oxygens (including phenoxy) is 1. The average Bonchev–Trinajstić information content (AvgIpc) is 2.90. The second-order valence-corrected chi connectivity index (χ2v) is 12.1. The Hall–Kier alpha value is -1.57. The summed E-state index contributed by atoms with van der Waals surface area (Å²) >= 11 is 0. The summed E-state index contributed by atoms with van der Waals surface area (Å²) in [5.41, 5.74) is 1.29. The molecule has 1 aromatic rings. The van der Waals surface area contributed by atoms with Gasteiger partial charge < -0.3 is 4.74 Å². The fourth-order valence-corrected chi connectivity index (χ4v) is 7.56. The predicted molar refractivity (Wildman–Crippen MR) is 146 cm³/mol. The van der Waals surface area contributed by atoms with Crippen molar-refractivity contribution in [2.45, 2.75) is 117 Å². The summed E-state index contributed by atoms with van der Waals surface area (Å²) < 4.78 is 5.78. The minimum Gasteiger partial charge on any atom is -0.426 e. The molecule has 2 heteroatoms. The third kappa shape index (κ3) is 7.70. The highest BCUT2D eigenvalue weighted by Gasteiger charge is 2.39. The number of fused-ring (bicyclic) bond motifs is 1. The van der Waals surface area contributed by atoms with Crippen molar-refractivity contribution in [3.05, 3.63) is 42.0 Å². The van der Waals surface area contributed by atoms with Crippen molar-refractivity contribution in [1.29, 1.82) is 0 Å². The van der Waals surface area contributed by atoms with Gasteiger partial charge in [-0.25, -0.2) is 0 Å². The first-order valence-corrected chi connectivity index (χ1v) is 15.1. The summed E-state index contributed by atoms with van der Waals surface area (Å²) in [4.78, 5) is 12.8. The lowest BCUT2D eigenvalue weighted by molar-refractivity contribution is -0.140. The van der Waals surface area contributed by atoms with Crippen LogP contribution in [-0.4, -0.2) is 5.97 Å². The zero-order chi connectivity index (χ0) is 24.5. The SMILES string of the molecule is C/C=C/CCc1ccc(OC(=O)C2CCC(C3CCC4CC(CCCCC)CCC4C3)CC2)cc1. The summed E-state index contributed by atoms with van der Waals surface area (Å²) in [7, 11) is 0. The van der Waals surface area contributed by atoms with Crippen LogP contribution in [0.25, 0.3) is 0 Å². The Kier molecular flexibility index (Phi) is 10.3. The van der Waals surface area contributed by atoms with Crippen LogP contribution in [0.5, 0.6) is 5.75 Å². The number of aryl methyl sites for hydroxylation is 1. The molecule has 2 nitrogen and oxygen atoms in total. The zero-order valence-electron chi connectivity index (χ0n) is 22.6. The Morgan fingerprint density at radius 1 is 0.857 bits per heavy atom. The van der Waals surface area contributed by atoms with Crippen LogP contribution >= 0.6 is 0 Å². The molecule has 1 aromatic carbocycles. The summed E-state index contributed by atoms with van der Waals surface area (Å²) in [6.45, 7) is 4.38. The Morgan fingerprint density at radius 2 is 1.51 bits per heavy atom. The summed E-state index contributed by atoms with van der Waals surface area (Å²) in [6.07, 6.45) is 25.5. The van der Waals surface area contributed by atoms with Crippen LogP contribution in [0.15, 0.2) is 36.4 Å². The maximum Gasteiger partial charge on any atom is 0.314 e. The van der Waals surface area contributed by atoms with Crippen LogP contribution in [0.4, 0.5) is 0 Å². The molecule has 35 heavy (non-hydrogen) atoms. The fourth-order valence-electron chi connectivity index (χ4n) is 7.56. The molecule has 4 rings (SSSR count). The number of hydrogen-bond donors (Lipinski definition) is 0. The van der Waals surface area contributed by atoms with E-state index in [2.05, 4.69) is 38.1 Å². The van der Waals surface area contributed by atoms with Gasteiger partial charge in [-0.05, 0) is 125 Å². The van der Waals surface area contributed by atoms with Crippen molar-refractivity contribution >= 4 is 5.97 Å². The molecule has 0 radical (unpaired) electrons. The standard InChI is InChI=1S/C33H50O2/c1-3-5-7-9-25-12-21-32(22-13-25)35-33(34)28-17-15-27(16-18-28)30-20-19-29-23-26(10-8-6-4-2)11-14-31(29)24-30/h3,5,12-13,21-22,26-31H,4,6-11,14-20,23-24H2,1-2H3/b5-3+. The highest BCUT2D eigenvalue weighted by atomic mass is 16.5. The second kappa shape index (κ2) is 13.7. The van der Waals surface area contributed by atoms with Crippen LogP contribution < -0.4 is 4.74 Å². The lowest BCUT2D eigenvalue weighted by Gasteiger charge is -2.45. The molecule has 0 aliphatic heterocycles. The first kappa shape index (κ1) is 26.5. The molecule has 4 unspecified atom stereocenters. The van der Waals surface area contributed by atoms with Gasteiger partial charge in [-0.2, -0.15) is 0 Å². The molecule has 0 N–H and O–H groups in total. The molecule has 3 aliphatic rings. The molecule has 3 aliphatic carbocycles. The number of allylic oxidation sites excluding steroid dienone is 2. The Labute approximate surface area is 215 Å². The second-order valence-electron chi connectivity index (χ2n) is 12.1. The van der Waals surface area contributed by atoms with E-state index in [0.717, 1.165) is 55.3 Å². The normalized spacial score (nSPS) is 31.3. The van der Waals surface area contributed by atoms with Gasteiger partial charge in [-0.3, -0.25) is 4.79 Å². The maximum absolute atomic E-state index is 12.8. The highest BCUT2D eigenvalue weighted by molar-refractivity contribution is 5.75. The van der Waals surface area contributed by atoms with E-state index in [-0.39, 0.29) is 11.9 Å². The molecule has 0 heterocycles. The zero-order valence-corrected chi connectivity index (χ0v) is 22.6. The summed E-state index contributed by atoms with van der Waals surface area (Å²) in [6, 6.07) is 8.12. The number of unbranched alkanes of at least 4 members (excludes halogenated alkanes) is 2. The third-order valence-corrected chi connectivity index (χ3v) is 9.73. The van der Waals surface area contributed by atoms with Gasteiger partial charge in [0.15, 0.2) is 0 Å². The van der Waals surface area contributed by atoms with Crippen molar-refractivity contribution in [3.8, 4) is 5.75 Å². The molecule has 194 valence electrons. The van der Waals surface area contributed by atoms with Gasteiger partial charge in [0.2, 0.25) is 0 Å². The number of benzene rings is 1. The first-order valence-electron chi connectivity index (χ1n) is 15.1. The molecule has 0 amide bonds. The monoisotopic (exact) mass is 478 g/mol. The lowest BCUT2D eigenvalue weighted by atomic mass is 9.60. The van der Waals surface area contributed by atoms with E-state index in [1.54, 1.807) is 0 Å². The third-order valence-electron chi connectivity index (χ3n) is 9.73. The molecule has 4 atom stereocenters. The van der Waals surface area contributed by atoms with E-state index in [1.165, 1.54) is 82.6 Å². The van der Waals surface area contributed by atoms with Crippen LogP contribution in [0.2, 0.25) is 0 Å². The van der Waals surface area contributed by atoms with Crippen LogP contribution in [0.3, 0.4) is 0 Å². The van der Waals surface area contributed by atoms with Gasteiger partial charge in [0.25, 0.3) is 0 Å². The lowest BCUT2D eigenvalue weighted by Crippen LogP contribution is -2.35. The Bertz CT molecular complexity index is 786. The van der Waals surface area contributed by atoms with Crippen molar-refractivity contribution in [2.24, 2.45) is 35.5 Å². The number of carbonyl (C=O) groups is 1. The molecular weight excluding hydrogens is 428 g/mol.